The number of carbonyl (C=O) groups excluding carboxylic acids is 1. The van der Waals surface area contributed by atoms with Gasteiger partial charge in [0.2, 0.25) is 0 Å². The molecular weight excluding hydrogens is 304 g/mol. The van der Waals surface area contributed by atoms with Gasteiger partial charge in [0.1, 0.15) is 0 Å². The number of anilines is 1. The second kappa shape index (κ2) is 7.53. The highest BCUT2D eigenvalue weighted by Gasteiger charge is 2.43. The Hall–Kier alpha value is -1.59. The van der Waals surface area contributed by atoms with Gasteiger partial charge in [0.05, 0.1) is 25.2 Å². The molecule has 1 aromatic rings. The molecule has 5 heteroatoms. The van der Waals surface area contributed by atoms with Crippen molar-refractivity contribution >= 4 is 11.7 Å². The number of hydrogen-bond acceptors (Lipinski definition) is 5. The van der Waals surface area contributed by atoms with E-state index in [-0.39, 0.29) is 5.97 Å². The Balaban J connectivity index is 1.77. The van der Waals surface area contributed by atoms with Crippen LogP contribution in [0.15, 0.2) is 18.2 Å². The van der Waals surface area contributed by atoms with Gasteiger partial charge in [-0.05, 0) is 61.8 Å². The Morgan fingerprint density at radius 1 is 1.38 bits per heavy atom. The molecule has 2 aliphatic rings. The lowest BCUT2D eigenvalue weighted by molar-refractivity contribution is -0.161. The van der Waals surface area contributed by atoms with Crippen LogP contribution in [0, 0.1) is 5.92 Å². The molecule has 0 bridgehead atoms. The van der Waals surface area contributed by atoms with Crippen LogP contribution in [-0.2, 0) is 27.1 Å². The van der Waals surface area contributed by atoms with Gasteiger partial charge in [-0.15, -0.1) is 0 Å². The predicted octanol–water partition coefficient (Wildman–Crippen LogP) is 2.08. The Morgan fingerprint density at radius 3 is 2.88 bits per heavy atom. The normalized spacial score (nSPS) is 27.1. The molecule has 24 heavy (non-hydrogen) atoms. The molecular formula is C19H28N2O3. The van der Waals surface area contributed by atoms with Crippen LogP contribution < -0.4 is 11.1 Å². The summed E-state index contributed by atoms with van der Waals surface area (Å²) >= 11 is 0. The van der Waals surface area contributed by atoms with Gasteiger partial charge in [-0.3, -0.25) is 4.79 Å². The molecule has 132 valence electrons. The van der Waals surface area contributed by atoms with Crippen molar-refractivity contribution in [2.75, 3.05) is 32.0 Å². The van der Waals surface area contributed by atoms with E-state index in [0.29, 0.717) is 25.6 Å². The molecule has 1 aromatic carbocycles. The molecule has 1 fully saturated rings. The molecule has 0 radical (unpaired) electrons. The van der Waals surface area contributed by atoms with Crippen LogP contribution in [0.5, 0.6) is 0 Å². The van der Waals surface area contributed by atoms with Crippen LogP contribution in [-0.4, -0.2) is 37.9 Å². The highest BCUT2D eigenvalue weighted by Crippen LogP contribution is 2.37. The number of carbonyl (C=O) groups is 1. The molecule has 1 saturated heterocycles. The van der Waals surface area contributed by atoms with Crippen LogP contribution in [0.2, 0.25) is 0 Å². The quantitative estimate of drug-likeness (QED) is 0.502. The van der Waals surface area contributed by atoms with Gasteiger partial charge in [-0.2, -0.15) is 0 Å². The van der Waals surface area contributed by atoms with Crippen molar-refractivity contribution in [2.24, 2.45) is 5.92 Å². The van der Waals surface area contributed by atoms with Crippen molar-refractivity contribution in [3.8, 4) is 0 Å². The minimum Gasteiger partial charge on any atom is -0.466 e. The van der Waals surface area contributed by atoms with Crippen LogP contribution in [0.1, 0.15) is 37.3 Å². The van der Waals surface area contributed by atoms with Gasteiger partial charge in [0, 0.05) is 18.8 Å². The summed E-state index contributed by atoms with van der Waals surface area (Å²) in [5.41, 5.74) is 9.03. The van der Waals surface area contributed by atoms with E-state index in [9.17, 15) is 4.79 Å². The van der Waals surface area contributed by atoms with E-state index in [1.807, 2.05) is 13.0 Å². The highest BCUT2D eigenvalue weighted by atomic mass is 16.5. The SMILES string of the molecule is CCOC(=O)CC1(C2CCc3ccc(N)cc3CC2)CNCCO1. The number of fused-ring (bicyclic) bond motifs is 1. The van der Waals surface area contributed by atoms with E-state index in [1.54, 1.807) is 0 Å². The average molecular weight is 332 g/mol. The first kappa shape index (κ1) is 17.2. The average Bonchev–Trinajstić information content (AvgIpc) is 2.78. The zero-order chi connectivity index (χ0) is 17.0. The van der Waals surface area contributed by atoms with E-state index in [0.717, 1.165) is 44.5 Å². The maximum atomic E-state index is 12.2. The fraction of sp³-hybridized carbons (Fsp3) is 0.632. The van der Waals surface area contributed by atoms with E-state index in [1.165, 1.54) is 11.1 Å². The number of aryl methyl sites for hydroxylation is 2. The first-order chi connectivity index (χ1) is 11.6. The molecule has 2 unspecified atom stereocenters. The second-order valence-electron chi connectivity index (χ2n) is 6.87. The van der Waals surface area contributed by atoms with E-state index in [2.05, 4.69) is 17.4 Å². The summed E-state index contributed by atoms with van der Waals surface area (Å²) in [6, 6.07) is 6.22. The molecule has 0 saturated carbocycles. The number of ether oxygens (including phenoxy) is 2. The number of nitrogens with one attached hydrogen (secondary N) is 1. The topological polar surface area (TPSA) is 73.6 Å². The van der Waals surface area contributed by atoms with Crippen LogP contribution in [0.25, 0.3) is 0 Å². The molecule has 3 N–H and O–H groups in total. The van der Waals surface area contributed by atoms with Crippen LogP contribution >= 0.6 is 0 Å². The first-order valence-electron chi connectivity index (χ1n) is 9.00. The molecule has 0 aromatic heterocycles. The van der Waals surface area contributed by atoms with Gasteiger partial charge in [0.25, 0.3) is 0 Å². The molecule has 5 nitrogen and oxygen atoms in total. The Kier molecular flexibility index (Phi) is 5.41. The van der Waals surface area contributed by atoms with Crippen LogP contribution in [0.4, 0.5) is 5.69 Å². The number of rotatable bonds is 4. The summed E-state index contributed by atoms with van der Waals surface area (Å²) in [6.45, 7) is 4.47. The smallest absolute Gasteiger partial charge is 0.308 e. The fourth-order valence-electron chi connectivity index (χ4n) is 4.11. The summed E-state index contributed by atoms with van der Waals surface area (Å²) in [6.07, 6.45) is 4.36. The largest absolute Gasteiger partial charge is 0.466 e. The fourth-order valence-corrected chi connectivity index (χ4v) is 4.11. The Morgan fingerprint density at radius 2 is 2.17 bits per heavy atom. The van der Waals surface area contributed by atoms with Crippen molar-refractivity contribution in [3.05, 3.63) is 29.3 Å². The van der Waals surface area contributed by atoms with Gasteiger partial charge < -0.3 is 20.5 Å². The van der Waals surface area contributed by atoms with Gasteiger partial charge in [-0.1, -0.05) is 6.07 Å². The lowest BCUT2D eigenvalue weighted by atomic mass is 9.78. The Labute approximate surface area is 143 Å². The maximum Gasteiger partial charge on any atom is 0.308 e. The number of hydrogen-bond donors (Lipinski definition) is 2. The number of morpholine rings is 1. The van der Waals surface area contributed by atoms with E-state index < -0.39 is 5.60 Å². The molecule has 1 aliphatic heterocycles. The predicted molar refractivity (Wildman–Crippen MR) is 93.8 cm³/mol. The molecule has 2 atom stereocenters. The maximum absolute atomic E-state index is 12.2. The van der Waals surface area contributed by atoms with Gasteiger partial charge >= 0.3 is 5.97 Å². The monoisotopic (exact) mass is 332 g/mol. The van der Waals surface area contributed by atoms with Crippen molar-refractivity contribution < 1.29 is 14.3 Å². The van der Waals surface area contributed by atoms with Crippen molar-refractivity contribution in [3.63, 3.8) is 0 Å². The molecule has 3 rings (SSSR count). The molecule has 0 amide bonds. The highest BCUT2D eigenvalue weighted by molar-refractivity contribution is 5.71. The zero-order valence-corrected chi connectivity index (χ0v) is 14.5. The third kappa shape index (κ3) is 3.73. The zero-order valence-electron chi connectivity index (χ0n) is 14.5. The van der Waals surface area contributed by atoms with Crippen molar-refractivity contribution in [1.82, 2.24) is 5.32 Å². The Bertz CT molecular complexity index is 582. The molecule has 0 spiro atoms. The summed E-state index contributed by atoms with van der Waals surface area (Å²) in [7, 11) is 0. The number of nitrogen functional groups attached to an aromatic ring is 1. The summed E-state index contributed by atoms with van der Waals surface area (Å²) in [5, 5.41) is 3.42. The second-order valence-corrected chi connectivity index (χ2v) is 6.87. The third-order valence-corrected chi connectivity index (χ3v) is 5.34. The lowest BCUT2D eigenvalue weighted by Crippen LogP contribution is -2.55. The lowest BCUT2D eigenvalue weighted by Gasteiger charge is -2.43. The van der Waals surface area contributed by atoms with Crippen molar-refractivity contribution in [2.45, 2.75) is 44.6 Å². The summed E-state index contributed by atoms with van der Waals surface area (Å²) in [4.78, 5) is 12.2. The van der Waals surface area contributed by atoms with Crippen LogP contribution in [0.3, 0.4) is 0 Å². The number of esters is 1. The first-order valence-corrected chi connectivity index (χ1v) is 9.00. The number of nitrogens with two attached hydrogens (primary N) is 1. The number of benzene rings is 1. The van der Waals surface area contributed by atoms with E-state index in [4.69, 9.17) is 15.2 Å². The van der Waals surface area contributed by atoms with Gasteiger partial charge in [-0.25, -0.2) is 0 Å². The molecule has 1 heterocycles. The van der Waals surface area contributed by atoms with E-state index >= 15 is 0 Å². The summed E-state index contributed by atoms with van der Waals surface area (Å²) in [5.74, 6) is 0.176. The minimum atomic E-state index is -0.446. The van der Waals surface area contributed by atoms with Gasteiger partial charge in [0.15, 0.2) is 0 Å². The standard InChI is InChI=1S/C19H28N2O3/c1-2-23-18(22)12-19(13-21-9-10-24-19)16-6-3-14-5-8-17(20)11-15(14)4-7-16/h5,8,11,16,21H,2-4,6-7,9-10,12-13,20H2,1H3. The minimum absolute atomic E-state index is 0.160. The molecule has 1 aliphatic carbocycles. The van der Waals surface area contributed by atoms with Crippen molar-refractivity contribution in [1.29, 1.82) is 0 Å². The summed E-state index contributed by atoms with van der Waals surface area (Å²) < 4.78 is 11.4. The third-order valence-electron chi connectivity index (χ3n) is 5.34.